The van der Waals surface area contributed by atoms with E-state index in [4.69, 9.17) is 25.8 Å². The fraction of sp³-hybridized carbons (Fsp3) is 0.381. The minimum Gasteiger partial charge on any atom is -0.495 e. The molecule has 0 aromatic heterocycles. The van der Waals surface area contributed by atoms with Crippen LogP contribution in [0.4, 0.5) is 5.69 Å². The zero-order valence-electron chi connectivity index (χ0n) is 17.5. The summed E-state index contributed by atoms with van der Waals surface area (Å²) < 4.78 is 44.4. The molecule has 1 aliphatic heterocycles. The van der Waals surface area contributed by atoms with Crippen molar-refractivity contribution in [3.63, 3.8) is 0 Å². The van der Waals surface area contributed by atoms with Crippen LogP contribution in [0.25, 0.3) is 0 Å². The van der Waals surface area contributed by atoms with Gasteiger partial charge in [0.25, 0.3) is 15.9 Å². The highest BCUT2D eigenvalue weighted by atomic mass is 35.5. The fourth-order valence-corrected chi connectivity index (χ4v) is 4.83. The predicted octanol–water partition coefficient (Wildman–Crippen LogP) is 3.23. The van der Waals surface area contributed by atoms with E-state index in [2.05, 4.69) is 10.0 Å². The van der Waals surface area contributed by atoms with Gasteiger partial charge in [0, 0.05) is 30.7 Å². The highest BCUT2D eigenvalue weighted by molar-refractivity contribution is 7.92. The summed E-state index contributed by atoms with van der Waals surface area (Å²) in [6, 6.07) is 7.45. The predicted molar refractivity (Wildman–Crippen MR) is 118 cm³/mol. The van der Waals surface area contributed by atoms with E-state index in [-0.39, 0.29) is 38.7 Å². The maximum atomic E-state index is 13.1. The van der Waals surface area contributed by atoms with E-state index < -0.39 is 10.0 Å². The number of carbonyl (C=O) groups is 1. The number of carbonyl (C=O) groups excluding carboxylic acids is 1. The molecular formula is C21H25ClN2O6S. The first-order valence-electron chi connectivity index (χ1n) is 9.66. The molecule has 168 valence electrons. The molecule has 8 nitrogen and oxygen atoms in total. The molecular weight excluding hydrogens is 444 g/mol. The highest BCUT2D eigenvalue weighted by Crippen LogP contribution is 2.37. The Morgan fingerprint density at radius 3 is 2.58 bits per heavy atom. The molecule has 1 atom stereocenters. The molecule has 0 radical (unpaired) electrons. The van der Waals surface area contributed by atoms with Gasteiger partial charge in [0.05, 0.1) is 36.4 Å². The van der Waals surface area contributed by atoms with Crippen LogP contribution in [0.5, 0.6) is 11.5 Å². The van der Waals surface area contributed by atoms with Crippen LogP contribution in [0, 0.1) is 12.8 Å². The molecule has 1 amide bonds. The first kappa shape index (κ1) is 23.2. The van der Waals surface area contributed by atoms with E-state index >= 15 is 0 Å². The third-order valence-electron chi connectivity index (χ3n) is 5.03. The van der Waals surface area contributed by atoms with Crippen molar-refractivity contribution in [1.82, 2.24) is 5.32 Å². The number of methoxy groups -OCH3 is 2. The normalized spacial score (nSPS) is 16.1. The molecule has 1 heterocycles. The molecule has 3 rings (SSSR count). The first-order valence-corrected chi connectivity index (χ1v) is 11.5. The van der Waals surface area contributed by atoms with Crippen molar-refractivity contribution in [3.8, 4) is 11.5 Å². The van der Waals surface area contributed by atoms with Crippen molar-refractivity contribution in [1.29, 1.82) is 0 Å². The number of hydrogen-bond donors (Lipinski definition) is 2. The quantitative estimate of drug-likeness (QED) is 0.616. The monoisotopic (exact) mass is 468 g/mol. The molecule has 2 aromatic rings. The molecule has 0 spiro atoms. The van der Waals surface area contributed by atoms with Crippen molar-refractivity contribution < 1.29 is 27.4 Å². The molecule has 0 bridgehead atoms. The summed E-state index contributed by atoms with van der Waals surface area (Å²) in [7, 11) is -1.17. The van der Waals surface area contributed by atoms with Gasteiger partial charge in [-0.2, -0.15) is 0 Å². The summed E-state index contributed by atoms with van der Waals surface area (Å²) in [5, 5.41) is 3.07. The van der Waals surface area contributed by atoms with Gasteiger partial charge in [0.2, 0.25) is 0 Å². The number of halogens is 1. The fourth-order valence-electron chi connectivity index (χ4n) is 3.25. The SMILES string of the molecule is COc1cc(OC)c(NS(=O)(=O)c2cc(C(=O)NCC3CCOC3)ccc2C)cc1Cl. The van der Waals surface area contributed by atoms with Gasteiger partial charge in [0.15, 0.2) is 0 Å². The van der Waals surface area contributed by atoms with Crippen molar-refractivity contribution in [2.45, 2.75) is 18.2 Å². The van der Waals surface area contributed by atoms with Crippen molar-refractivity contribution in [2.75, 3.05) is 38.7 Å². The lowest BCUT2D eigenvalue weighted by molar-refractivity contribution is 0.0944. The summed E-state index contributed by atoms with van der Waals surface area (Å²) in [4.78, 5) is 12.5. The number of benzene rings is 2. The number of sulfonamides is 1. The maximum Gasteiger partial charge on any atom is 0.262 e. The summed E-state index contributed by atoms with van der Waals surface area (Å²) >= 11 is 6.14. The zero-order chi connectivity index (χ0) is 22.6. The molecule has 0 aliphatic carbocycles. The van der Waals surface area contributed by atoms with Crippen LogP contribution in [0.2, 0.25) is 5.02 Å². The Hall–Kier alpha value is -2.49. The third-order valence-corrected chi connectivity index (χ3v) is 6.84. The molecule has 1 aliphatic rings. The van der Waals surface area contributed by atoms with E-state index in [1.165, 1.54) is 32.4 Å². The van der Waals surface area contributed by atoms with Gasteiger partial charge in [-0.3, -0.25) is 9.52 Å². The van der Waals surface area contributed by atoms with E-state index in [1.807, 2.05) is 0 Å². The summed E-state index contributed by atoms with van der Waals surface area (Å²) in [5.74, 6) is 0.527. The summed E-state index contributed by atoms with van der Waals surface area (Å²) in [5.41, 5.74) is 0.903. The van der Waals surface area contributed by atoms with Crippen LogP contribution in [-0.4, -0.2) is 48.3 Å². The van der Waals surface area contributed by atoms with Crippen LogP contribution in [0.3, 0.4) is 0 Å². The van der Waals surface area contributed by atoms with E-state index in [0.29, 0.717) is 31.1 Å². The number of anilines is 1. The minimum absolute atomic E-state index is 0.0154. The Morgan fingerprint density at radius 1 is 1.19 bits per heavy atom. The first-order chi connectivity index (χ1) is 14.7. The Kier molecular flexibility index (Phi) is 7.30. The Balaban J connectivity index is 1.85. The van der Waals surface area contributed by atoms with Gasteiger partial charge in [-0.25, -0.2) is 8.42 Å². The van der Waals surface area contributed by atoms with Crippen molar-refractivity contribution >= 4 is 33.2 Å². The third kappa shape index (κ3) is 5.41. The second-order valence-corrected chi connectivity index (χ2v) is 9.27. The lowest BCUT2D eigenvalue weighted by atomic mass is 10.1. The lowest BCUT2D eigenvalue weighted by Crippen LogP contribution is -2.29. The number of rotatable bonds is 8. The average Bonchev–Trinajstić information content (AvgIpc) is 3.26. The smallest absolute Gasteiger partial charge is 0.262 e. The van der Waals surface area contributed by atoms with E-state index in [0.717, 1.165) is 6.42 Å². The van der Waals surface area contributed by atoms with Gasteiger partial charge in [-0.1, -0.05) is 17.7 Å². The number of nitrogens with one attached hydrogen (secondary N) is 2. The van der Waals surface area contributed by atoms with Crippen LogP contribution in [-0.2, 0) is 14.8 Å². The van der Waals surface area contributed by atoms with Gasteiger partial charge >= 0.3 is 0 Å². The molecule has 10 heteroatoms. The highest BCUT2D eigenvalue weighted by Gasteiger charge is 2.23. The standard InChI is InChI=1S/C21H25ClN2O6S/c1-13-4-5-15(21(25)23-11-14-6-7-30-12-14)8-20(13)31(26,27)24-17-9-16(22)18(28-2)10-19(17)29-3/h4-5,8-10,14,24H,6-7,11-12H2,1-3H3,(H,23,25). The van der Waals surface area contributed by atoms with Gasteiger partial charge in [-0.15, -0.1) is 0 Å². The number of amides is 1. The molecule has 1 saturated heterocycles. The molecule has 2 aromatic carbocycles. The Bertz CT molecular complexity index is 1070. The van der Waals surface area contributed by atoms with Crippen LogP contribution < -0.4 is 19.5 Å². The van der Waals surface area contributed by atoms with Gasteiger partial charge in [-0.05, 0) is 37.1 Å². The number of aryl methyl sites for hydroxylation is 1. The number of hydrogen-bond acceptors (Lipinski definition) is 6. The summed E-state index contributed by atoms with van der Waals surface area (Å²) in [6.07, 6.45) is 0.893. The van der Waals surface area contributed by atoms with Crippen molar-refractivity contribution in [3.05, 3.63) is 46.5 Å². The molecule has 1 unspecified atom stereocenters. The molecule has 31 heavy (non-hydrogen) atoms. The van der Waals surface area contributed by atoms with Crippen molar-refractivity contribution in [2.24, 2.45) is 5.92 Å². The molecule has 0 saturated carbocycles. The van der Waals surface area contributed by atoms with Gasteiger partial charge < -0.3 is 19.5 Å². The zero-order valence-corrected chi connectivity index (χ0v) is 19.1. The summed E-state index contributed by atoms with van der Waals surface area (Å²) in [6.45, 7) is 3.45. The molecule has 2 N–H and O–H groups in total. The van der Waals surface area contributed by atoms with Gasteiger partial charge in [0.1, 0.15) is 11.5 Å². The average molecular weight is 469 g/mol. The Labute approximate surface area is 186 Å². The van der Waals surface area contributed by atoms with E-state index in [1.54, 1.807) is 19.1 Å². The van der Waals surface area contributed by atoms with Crippen LogP contribution in [0.15, 0.2) is 35.2 Å². The largest absolute Gasteiger partial charge is 0.495 e. The van der Waals surface area contributed by atoms with Crippen LogP contribution in [0.1, 0.15) is 22.3 Å². The minimum atomic E-state index is -4.03. The second-order valence-electron chi connectivity index (χ2n) is 7.21. The maximum absolute atomic E-state index is 13.1. The number of ether oxygens (including phenoxy) is 3. The lowest BCUT2D eigenvalue weighted by Gasteiger charge is -2.16. The second kappa shape index (κ2) is 9.76. The molecule has 1 fully saturated rings. The topological polar surface area (TPSA) is 103 Å². The van der Waals surface area contributed by atoms with E-state index in [9.17, 15) is 13.2 Å². The Morgan fingerprint density at radius 2 is 1.94 bits per heavy atom. The van der Waals surface area contributed by atoms with Crippen LogP contribution >= 0.6 is 11.6 Å².